The first-order valence-corrected chi connectivity index (χ1v) is 13.9. The highest BCUT2D eigenvalue weighted by Gasteiger charge is 2.66. The predicted octanol–water partition coefficient (Wildman–Crippen LogP) is 6.26. The van der Waals surface area contributed by atoms with E-state index in [2.05, 4.69) is 20.8 Å². The molecule has 5 nitrogen and oxygen atoms in total. The second kappa shape index (κ2) is 11.0. The van der Waals surface area contributed by atoms with Crippen LogP contribution in [0.15, 0.2) is 46.6 Å². The molecule has 7 atom stereocenters. The van der Waals surface area contributed by atoms with Gasteiger partial charge in [-0.25, -0.2) is 0 Å². The lowest BCUT2D eigenvalue weighted by molar-refractivity contribution is -0.198. The van der Waals surface area contributed by atoms with Crippen molar-refractivity contribution in [1.29, 1.82) is 0 Å². The highest BCUT2D eigenvalue weighted by molar-refractivity contribution is 6.00. The van der Waals surface area contributed by atoms with Crippen molar-refractivity contribution < 1.29 is 24.5 Å². The fourth-order valence-electron chi connectivity index (χ4n) is 8.06. The Kier molecular flexibility index (Phi) is 8.81. The molecule has 0 saturated heterocycles. The summed E-state index contributed by atoms with van der Waals surface area (Å²) in [5, 5.41) is 20.9. The van der Waals surface area contributed by atoms with Crippen LogP contribution in [-0.2, 0) is 14.3 Å². The Morgan fingerprint density at radius 2 is 1.76 bits per heavy atom. The summed E-state index contributed by atoms with van der Waals surface area (Å²) in [6.45, 7) is 16.0. The first-order valence-electron chi connectivity index (χ1n) is 13.9. The van der Waals surface area contributed by atoms with E-state index in [1.165, 1.54) is 12.5 Å². The average molecular weight is 513 g/mol. The van der Waals surface area contributed by atoms with Gasteiger partial charge >= 0.3 is 5.97 Å². The molecule has 3 rings (SSSR count). The maximum atomic E-state index is 13.5. The molecule has 0 bridgehead atoms. The van der Waals surface area contributed by atoms with Crippen LogP contribution < -0.4 is 0 Å². The summed E-state index contributed by atoms with van der Waals surface area (Å²) >= 11 is 0. The standard InChI is InChI=1S/C32H48O5/c1-20(2)12-13-24(35)21(3)10-9-11-22(4)29-25(36)18-27-30(6)17-15-28(37-23(5)34)32(8,19-33)26(30)14-16-31(27,29)7/h9-12,24,26-28,33,35H,13-19H2,1-8H3/b11-9+,21-10+,29-22-/t24-,26+,27-,28-,30-,31-,32+/m0/s1. The first kappa shape index (κ1) is 29.6. The molecule has 0 aromatic carbocycles. The van der Waals surface area contributed by atoms with Crippen LogP contribution in [0.3, 0.4) is 0 Å². The molecule has 2 N–H and O–H groups in total. The van der Waals surface area contributed by atoms with Crippen LogP contribution in [0.1, 0.15) is 93.9 Å². The van der Waals surface area contributed by atoms with Gasteiger partial charge in [0.05, 0.1) is 12.7 Å². The van der Waals surface area contributed by atoms with Crippen LogP contribution in [0.4, 0.5) is 0 Å². The molecule has 5 heteroatoms. The van der Waals surface area contributed by atoms with Gasteiger partial charge in [0.25, 0.3) is 0 Å². The molecule has 0 aliphatic heterocycles. The second-order valence-electron chi connectivity index (χ2n) is 12.9. The Bertz CT molecular complexity index is 1030. The topological polar surface area (TPSA) is 83.8 Å². The molecule has 0 spiro atoms. The third kappa shape index (κ3) is 5.45. The fourth-order valence-corrected chi connectivity index (χ4v) is 8.06. The second-order valence-corrected chi connectivity index (χ2v) is 12.9. The number of carbonyl (C=O) groups excluding carboxylic acids is 2. The van der Waals surface area contributed by atoms with Gasteiger partial charge in [-0.3, -0.25) is 9.59 Å². The van der Waals surface area contributed by atoms with Crippen molar-refractivity contribution in [2.75, 3.05) is 6.61 Å². The van der Waals surface area contributed by atoms with Crippen molar-refractivity contribution in [1.82, 2.24) is 0 Å². The van der Waals surface area contributed by atoms with Crippen molar-refractivity contribution in [2.45, 2.75) is 106 Å². The third-order valence-electron chi connectivity index (χ3n) is 10.1. The molecule has 0 aromatic rings. The quantitative estimate of drug-likeness (QED) is 0.182. The molecule has 0 aromatic heterocycles. The Morgan fingerprint density at radius 3 is 2.35 bits per heavy atom. The van der Waals surface area contributed by atoms with E-state index in [1.54, 1.807) is 0 Å². The molecule has 3 fully saturated rings. The van der Waals surface area contributed by atoms with Crippen molar-refractivity contribution >= 4 is 11.8 Å². The van der Waals surface area contributed by atoms with Gasteiger partial charge in [0.15, 0.2) is 5.78 Å². The summed E-state index contributed by atoms with van der Waals surface area (Å²) in [6.07, 6.45) is 11.6. The minimum absolute atomic E-state index is 0.0296. The molecule has 206 valence electrons. The van der Waals surface area contributed by atoms with E-state index in [0.717, 1.165) is 36.0 Å². The highest BCUT2D eigenvalue weighted by Crippen LogP contribution is 2.69. The number of carbonyl (C=O) groups is 2. The minimum atomic E-state index is -0.515. The lowest BCUT2D eigenvalue weighted by atomic mass is 9.43. The lowest BCUT2D eigenvalue weighted by Gasteiger charge is -2.62. The molecule has 0 radical (unpaired) electrons. The molecular formula is C32H48O5. The Morgan fingerprint density at radius 1 is 1.08 bits per heavy atom. The number of hydrogen-bond acceptors (Lipinski definition) is 5. The molecule has 3 saturated carbocycles. The molecule has 0 unspecified atom stereocenters. The maximum absolute atomic E-state index is 13.5. The predicted molar refractivity (Wildman–Crippen MR) is 148 cm³/mol. The van der Waals surface area contributed by atoms with Gasteiger partial charge in [0, 0.05) is 29.7 Å². The zero-order valence-corrected chi connectivity index (χ0v) is 24.2. The van der Waals surface area contributed by atoms with Crippen LogP contribution in [0.5, 0.6) is 0 Å². The SMILES string of the molecule is CC(=O)O[C@H]1CC[C@@]2(C)[C@@H](CC[C@]3(C)\C(=C(C)/C=C/C=C(\C)[C@@H](O)CC=C(C)C)C(=O)C[C@@H]23)[C@@]1(C)CO. The van der Waals surface area contributed by atoms with Crippen molar-refractivity contribution in [3.05, 3.63) is 46.6 Å². The number of fused-ring (bicyclic) bond motifs is 3. The summed E-state index contributed by atoms with van der Waals surface area (Å²) in [5.41, 5.74) is 3.18. The Labute approximate surface area is 223 Å². The zero-order valence-electron chi connectivity index (χ0n) is 24.2. The van der Waals surface area contributed by atoms with Crippen molar-refractivity contribution in [3.8, 4) is 0 Å². The van der Waals surface area contributed by atoms with E-state index < -0.39 is 11.5 Å². The van der Waals surface area contributed by atoms with Gasteiger partial charge in [-0.05, 0) is 88.2 Å². The number of Topliss-reactive ketones (excluding diaryl/α,β-unsaturated/α-hetero) is 1. The van der Waals surface area contributed by atoms with Crippen LogP contribution in [-0.4, -0.2) is 40.8 Å². The normalized spacial score (nSPS) is 38.2. The Balaban J connectivity index is 1.89. The highest BCUT2D eigenvalue weighted by atomic mass is 16.5. The summed E-state index contributed by atoms with van der Waals surface area (Å²) < 4.78 is 5.71. The van der Waals surface area contributed by atoms with Gasteiger partial charge in [-0.15, -0.1) is 0 Å². The van der Waals surface area contributed by atoms with E-state index in [1.807, 2.05) is 52.0 Å². The minimum Gasteiger partial charge on any atom is -0.462 e. The number of rotatable bonds is 7. The Hall–Kier alpha value is -1.98. The van der Waals surface area contributed by atoms with E-state index in [9.17, 15) is 19.8 Å². The summed E-state index contributed by atoms with van der Waals surface area (Å²) in [4.78, 5) is 25.3. The molecule has 37 heavy (non-hydrogen) atoms. The van der Waals surface area contributed by atoms with E-state index in [4.69, 9.17) is 4.74 Å². The smallest absolute Gasteiger partial charge is 0.302 e. The number of aliphatic hydroxyl groups is 2. The number of ketones is 1. The van der Waals surface area contributed by atoms with Crippen molar-refractivity contribution in [3.63, 3.8) is 0 Å². The van der Waals surface area contributed by atoms with Gasteiger partial charge in [0.2, 0.25) is 0 Å². The van der Waals surface area contributed by atoms with Crippen LogP contribution >= 0.6 is 0 Å². The first-order chi connectivity index (χ1) is 17.2. The van der Waals surface area contributed by atoms with E-state index in [-0.39, 0.29) is 47.1 Å². The monoisotopic (exact) mass is 512 g/mol. The molecule has 3 aliphatic carbocycles. The number of aliphatic hydroxyl groups excluding tert-OH is 2. The molecule has 3 aliphatic rings. The average Bonchev–Trinajstić information content (AvgIpc) is 3.10. The van der Waals surface area contributed by atoms with Gasteiger partial charge < -0.3 is 14.9 Å². The van der Waals surface area contributed by atoms with Crippen LogP contribution in [0, 0.1) is 28.1 Å². The van der Waals surface area contributed by atoms with Crippen LogP contribution in [0.25, 0.3) is 0 Å². The molecular weight excluding hydrogens is 464 g/mol. The largest absolute Gasteiger partial charge is 0.462 e. The fraction of sp³-hybridized carbons (Fsp3) is 0.688. The number of esters is 1. The molecule has 0 heterocycles. The van der Waals surface area contributed by atoms with Crippen molar-refractivity contribution in [2.24, 2.45) is 28.1 Å². The number of allylic oxidation sites excluding steroid dienone is 6. The van der Waals surface area contributed by atoms with Crippen LogP contribution in [0.2, 0.25) is 0 Å². The van der Waals surface area contributed by atoms with Gasteiger partial charge in [0.1, 0.15) is 6.10 Å². The van der Waals surface area contributed by atoms with Gasteiger partial charge in [-0.2, -0.15) is 0 Å². The summed E-state index contributed by atoms with van der Waals surface area (Å²) in [6, 6.07) is 0. The lowest BCUT2D eigenvalue weighted by Crippen LogP contribution is -2.60. The molecule has 0 amide bonds. The summed E-state index contributed by atoms with van der Waals surface area (Å²) in [5.74, 6) is 0.300. The maximum Gasteiger partial charge on any atom is 0.302 e. The van der Waals surface area contributed by atoms with Gasteiger partial charge in [-0.1, -0.05) is 50.6 Å². The zero-order chi connectivity index (χ0) is 27.8. The third-order valence-corrected chi connectivity index (χ3v) is 10.1. The summed E-state index contributed by atoms with van der Waals surface area (Å²) in [7, 11) is 0. The number of hydrogen-bond donors (Lipinski definition) is 2. The number of ether oxygens (including phenoxy) is 1. The van der Waals surface area contributed by atoms with E-state index in [0.29, 0.717) is 19.3 Å². The van der Waals surface area contributed by atoms with E-state index >= 15 is 0 Å².